The summed E-state index contributed by atoms with van der Waals surface area (Å²) >= 11 is 0. The molecule has 2 aromatic heterocycles. The van der Waals surface area contributed by atoms with E-state index in [2.05, 4.69) is 25.0 Å². The zero-order valence-corrected chi connectivity index (χ0v) is 15.1. The van der Waals surface area contributed by atoms with Gasteiger partial charge in [-0.3, -0.25) is 4.57 Å². The topological polar surface area (TPSA) is 90.9 Å². The number of ether oxygens (including phenoxy) is 1. The molecule has 3 N–H and O–H groups in total. The van der Waals surface area contributed by atoms with E-state index in [9.17, 15) is 17.6 Å². The number of nitrogens with one attached hydrogen (secondary N) is 1. The van der Waals surface area contributed by atoms with E-state index < -0.39 is 18.9 Å². The molecule has 0 aliphatic carbocycles. The largest absolute Gasteiger partial charge is 0.435 e. The van der Waals surface area contributed by atoms with Crippen molar-refractivity contribution in [3.63, 3.8) is 0 Å². The third kappa shape index (κ3) is 3.95. The molecule has 2 aromatic carbocycles. The molecule has 0 aliphatic heterocycles. The molecule has 0 saturated carbocycles. The van der Waals surface area contributed by atoms with Gasteiger partial charge >= 0.3 is 6.61 Å². The van der Waals surface area contributed by atoms with Gasteiger partial charge in [-0.2, -0.15) is 18.7 Å². The lowest BCUT2D eigenvalue weighted by Gasteiger charge is -2.12. The van der Waals surface area contributed by atoms with Gasteiger partial charge in [-0.05, 0) is 36.4 Å². The Morgan fingerprint density at radius 1 is 0.933 bits per heavy atom. The van der Waals surface area contributed by atoms with Crippen LogP contribution in [-0.2, 0) is 0 Å². The second-order valence-corrected chi connectivity index (χ2v) is 6.10. The number of imidazole rings is 1. The molecule has 7 nitrogen and oxygen atoms in total. The first kappa shape index (κ1) is 19.4. The van der Waals surface area contributed by atoms with Crippen LogP contribution in [-0.4, -0.2) is 26.1 Å². The van der Waals surface area contributed by atoms with Crippen molar-refractivity contribution in [3.05, 3.63) is 60.4 Å². The predicted octanol–water partition coefficient (Wildman–Crippen LogP) is 4.68. The summed E-state index contributed by atoms with van der Waals surface area (Å²) in [5, 5.41) is 2.86. The molecule has 0 atom stereocenters. The number of rotatable bonds is 6. The van der Waals surface area contributed by atoms with Crippen molar-refractivity contribution in [1.82, 2.24) is 19.5 Å². The first-order valence-corrected chi connectivity index (χ1v) is 8.63. The average molecular weight is 418 g/mol. The highest BCUT2D eigenvalue weighted by atomic mass is 19.3. The average Bonchev–Trinajstić information content (AvgIpc) is 3.09. The van der Waals surface area contributed by atoms with Crippen LogP contribution in [0.5, 0.6) is 5.75 Å². The molecule has 0 aliphatic rings. The Kier molecular flexibility index (Phi) is 5.09. The lowest BCUT2D eigenvalue weighted by Crippen LogP contribution is -2.08. The third-order valence-corrected chi connectivity index (χ3v) is 4.08. The van der Waals surface area contributed by atoms with Crippen molar-refractivity contribution in [2.24, 2.45) is 0 Å². The molecule has 0 amide bonds. The minimum atomic E-state index is -2.93. The van der Waals surface area contributed by atoms with Gasteiger partial charge < -0.3 is 15.8 Å². The number of nitrogen functional groups attached to an aromatic ring is 1. The van der Waals surface area contributed by atoms with Gasteiger partial charge in [0.2, 0.25) is 5.95 Å². The molecule has 0 unspecified atom stereocenters. The van der Waals surface area contributed by atoms with Crippen LogP contribution in [0.4, 0.5) is 35.0 Å². The number of benzene rings is 2. The molecule has 0 spiro atoms. The Morgan fingerprint density at radius 3 is 2.37 bits per heavy atom. The summed E-state index contributed by atoms with van der Waals surface area (Å²) < 4.78 is 57.2. The quantitative estimate of drug-likeness (QED) is 0.442. The molecule has 0 radical (unpaired) electrons. The smallest absolute Gasteiger partial charge is 0.387 e. The van der Waals surface area contributed by atoms with Gasteiger partial charge in [0.1, 0.15) is 17.4 Å². The van der Waals surface area contributed by atoms with Crippen LogP contribution in [0, 0.1) is 0 Å². The molecule has 30 heavy (non-hydrogen) atoms. The minimum Gasteiger partial charge on any atom is -0.435 e. The predicted molar refractivity (Wildman–Crippen MR) is 102 cm³/mol. The van der Waals surface area contributed by atoms with Crippen LogP contribution in [0.15, 0.2) is 54.6 Å². The molecule has 11 heteroatoms. The van der Waals surface area contributed by atoms with Gasteiger partial charge in [0, 0.05) is 11.8 Å². The zero-order chi connectivity index (χ0) is 21.3. The maximum atomic E-state index is 13.6. The summed E-state index contributed by atoms with van der Waals surface area (Å²) in [4.78, 5) is 12.3. The maximum Gasteiger partial charge on any atom is 0.387 e. The number of nitrogens with zero attached hydrogens (tertiary/aromatic N) is 4. The molecule has 4 rings (SSSR count). The van der Waals surface area contributed by atoms with E-state index in [1.165, 1.54) is 34.9 Å². The fourth-order valence-electron chi connectivity index (χ4n) is 2.90. The van der Waals surface area contributed by atoms with Crippen LogP contribution in [0.1, 0.15) is 12.2 Å². The number of para-hydroxylation sites is 2. The van der Waals surface area contributed by atoms with Gasteiger partial charge in [-0.1, -0.05) is 12.1 Å². The highest BCUT2D eigenvalue weighted by Crippen LogP contribution is 2.28. The Bertz CT molecular complexity index is 1180. The van der Waals surface area contributed by atoms with Crippen LogP contribution in [0.2, 0.25) is 0 Å². The van der Waals surface area contributed by atoms with Gasteiger partial charge in [0.05, 0.1) is 11.0 Å². The van der Waals surface area contributed by atoms with Crippen LogP contribution in [0.25, 0.3) is 16.9 Å². The third-order valence-electron chi connectivity index (χ3n) is 4.08. The number of aromatic nitrogens is 4. The molecule has 154 valence electrons. The highest BCUT2D eigenvalue weighted by molar-refractivity contribution is 5.78. The Morgan fingerprint density at radius 2 is 1.67 bits per heavy atom. The maximum absolute atomic E-state index is 13.6. The Balaban J connectivity index is 1.71. The molecule has 4 aromatic rings. The van der Waals surface area contributed by atoms with E-state index >= 15 is 0 Å². The van der Waals surface area contributed by atoms with Crippen molar-refractivity contribution < 1.29 is 22.3 Å². The van der Waals surface area contributed by atoms with Gasteiger partial charge in [0.25, 0.3) is 6.43 Å². The van der Waals surface area contributed by atoms with E-state index in [1.54, 1.807) is 24.3 Å². The summed E-state index contributed by atoms with van der Waals surface area (Å²) in [6.07, 6.45) is -2.84. The number of hydrogen-bond acceptors (Lipinski definition) is 6. The second kappa shape index (κ2) is 7.85. The van der Waals surface area contributed by atoms with Crippen LogP contribution < -0.4 is 15.8 Å². The molecule has 2 heterocycles. The van der Waals surface area contributed by atoms with E-state index in [1.807, 2.05) is 0 Å². The number of fused-ring (bicyclic) bond motifs is 1. The minimum absolute atomic E-state index is 0.0174. The lowest BCUT2D eigenvalue weighted by atomic mass is 10.3. The van der Waals surface area contributed by atoms with Crippen molar-refractivity contribution in [1.29, 1.82) is 0 Å². The fourth-order valence-corrected chi connectivity index (χ4v) is 2.90. The number of hydrogen-bond donors (Lipinski definition) is 2. The van der Waals surface area contributed by atoms with E-state index in [0.29, 0.717) is 16.7 Å². The zero-order valence-electron chi connectivity index (χ0n) is 15.1. The Labute approximate surface area is 167 Å². The summed E-state index contributed by atoms with van der Waals surface area (Å²) in [5.74, 6) is -0.319. The van der Waals surface area contributed by atoms with Gasteiger partial charge in [-0.15, -0.1) is 0 Å². The number of halogens is 4. The molecule has 0 saturated heterocycles. The SMILES string of the molecule is Nc1cc(-n2c(C(F)F)nc3ccccc32)nc(Nc2ccc(OC(F)F)cc2)n1. The summed E-state index contributed by atoms with van der Waals surface area (Å²) in [5.41, 5.74) is 7.13. The highest BCUT2D eigenvalue weighted by Gasteiger charge is 2.21. The van der Waals surface area contributed by atoms with Crippen LogP contribution in [0.3, 0.4) is 0 Å². The van der Waals surface area contributed by atoms with Crippen molar-refractivity contribution in [3.8, 4) is 11.6 Å². The first-order chi connectivity index (χ1) is 14.4. The monoisotopic (exact) mass is 418 g/mol. The second-order valence-electron chi connectivity index (χ2n) is 6.10. The molecular formula is C19H14F4N6O. The molecule has 0 fully saturated rings. The van der Waals surface area contributed by atoms with Crippen molar-refractivity contribution in [2.45, 2.75) is 13.0 Å². The molecular weight excluding hydrogens is 404 g/mol. The lowest BCUT2D eigenvalue weighted by molar-refractivity contribution is -0.0498. The standard InChI is InChI=1S/C19H14F4N6O/c20-16(21)17-26-12-3-1-2-4-13(12)29(17)15-9-14(24)27-19(28-15)25-10-5-7-11(8-6-10)30-18(22)23/h1-9,16,18H,(H3,24,25,27,28). The van der Waals surface area contributed by atoms with Crippen molar-refractivity contribution >= 4 is 28.5 Å². The van der Waals surface area contributed by atoms with E-state index in [-0.39, 0.29) is 23.3 Å². The van der Waals surface area contributed by atoms with Crippen LogP contribution >= 0.6 is 0 Å². The molecule has 0 bridgehead atoms. The summed E-state index contributed by atoms with van der Waals surface area (Å²) in [7, 11) is 0. The fraction of sp³-hybridized carbons (Fsp3) is 0.105. The Hall–Kier alpha value is -3.89. The van der Waals surface area contributed by atoms with Gasteiger partial charge in [0.15, 0.2) is 5.82 Å². The first-order valence-electron chi connectivity index (χ1n) is 8.63. The number of anilines is 3. The summed E-state index contributed by atoms with van der Waals surface area (Å²) in [6.45, 7) is -2.93. The van der Waals surface area contributed by atoms with E-state index in [4.69, 9.17) is 5.73 Å². The van der Waals surface area contributed by atoms with Crippen molar-refractivity contribution in [2.75, 3.05) is 11.1 Å². The van der Waals surface area contributed by atoms with Gasteiger partial charge in [-0.25, -0.2) is 13.8 Å². The normalized spacial score (nSPS) is 11.4. The number of nitrogens with two attached hydrogens (primary N) is 1. The number of alkyl halides is 4. The van der Waals surface area contributed by atoms with E-state index in [0.717, 1.165) is 0 Å². The summed E-state index contributed by atoms with van der Waals surface area (Å²) in [6, 6.07) is 13.6.